The van der Waals surface area contributed by atoms with Crippen LogP contribution in [0.5, 0.6) is 0 Å². The lowest BCUT2D eigenvalue weighted by atomic mass is 9.80. The van der Waals surface area contributed by atoms with E-state index in [-0.39, 0.29) is 24.4 Å². The van der Waals surface area contributed by atoms with E-state index in [4.69, 9.17) is 4.74 Å². The van der Waals surface area contributed by atoms with E-state index in [0.29, 0.717) is 25.1 Å². The normalized spacial score (nSPS) is 22.3. The van der Waals surface area contributed by atoms with E-state index in [1.807, 2.05) is 4.90 Å². The van der Waals surface area contributed by atoms with Crippen LogP contribution in [0.4, 0.5) is 11.4 Å². The second kappa shape index (κ2) is 8.14. The number of methoxy groups -OCH3 is 1. The molecule has 9 nitrogen and oxygen atoms in total. The molecule has 0 radical (unpaired) electrons. The number of benzene rings is 1. The summed E-state index contributed by atoms with van der Waals surface area (Å²) in [5, 5.41) is 21.2. The van der Waals surface area contributed by atoms with Gasteiger partial charge in [0.1, 0.15) is 11.1 Å². The Balaban J connectivity index is 1.86. The molecule has 9 heteroatoms. The minimum atomic E-state index is -1.15. The maximum absolute atomic E-state index is 13.0. The zero-order valence-electron chi connectivity index (χ0n) is 15.9. The molecule has 1 aromatic carbocycles. The summed E-state index contributed by atoms with van der Waals surface area (Å²) < 4.78 is 5.09. The highest BCUT2D eigenvalue weighted by atomic mass is 16.6. The minimum absolute atomic E-state index is 0.0140. The molecule has 28 heavy (non-hydrogen) atoms. The topological polar surface area (TPSA) is 113 Å². The van der Waals surface area contributed by atoms with E-state index in [0.717, 1.165) is 25.9 Å². The molecule has 2 fully saturated rings. The standard InChI is InChI=1S/C19H25N3O6/c1-28-13-19(18(24)25)7-4-10-21(12-19)17(23)14-5-6-15(16(11-14)22(26)27)20-8-2-3-9-20/h5-6,11H,2-4,7-10,12-13H2,1H3,(H,24,25). The summed E-state index contributed by atoms with van der Waals surface area (Å²) in [6.45, 7) is 1.98. The van der Waals surface area contributed by atoms with Crippen molar-refractivity contribution in [1.29, 1.82) is 0 Å². The Bertz CT molecular complexity index is 773. The van der Waals surface area contributed by atoms with Gasteiger partial charge in [-0.15, -0.1) is 0 Å². The van der Waals surface area contributed by atoms with Crippen LogP contribution in [0.25, 0.3) is 0 Å². The summed E-state index contributed by atoms with van der Waals surface area (Å²) in [4.78, 5) is 39.3. The molecule has 2 saturated heterocycles. The number of carboxylic acids is 1. The number of ether oxygens (including phenoxy) is 1. The van der Waals surface area contributed by atoms with Gasteiger partial charge in [-0.2, -0.15) is 0 Å². The fourth-order valence-corrected chi connectivity index (χ4v) is 4.15. The van der Waals surface area contributed by atoms with Crippen LogP contribution in [-0.4, -0.2) is 66.7 Å². The van der Waals surface area contributed by atoms with Crippen molar-refractivity contribution in [3.8, 4) is 0 Å². The second-order valence-electron chi connectivity index (χ2n) is 7.50. The van der Waals surface area contributed by atoms with Crippen LogP contribution in [0, 0.1) is 15.5 Å². The lowest BCUT2D eigenvalue weighted by Crippen LogP contribution is -2.52. The Morgan fingerprint density at radius 1 is 1.25 bits per heavy atom. The number of carbonyl (C=O) groups excluding carboxylic acids is 1. The molecule has 152 valence electrons. The van der Waals surface area contributed by atoms with Gasteiger partial charge in [0, 0.05) is 44.9 Å². The fourth-order valence-electron chi connectivity index (χ4n) is 4.15. The maximum atomic E-state index is 13.0. The number of likely N-dealkylation sites (tertiary alicyclic amines) is 1. The fraction of sp³-hybridized carbons (Fsp3) is 0.579. The average Bonchev–Trinajstić information content (AvgIpc) is 3.22. The summed E-state index contributed by atoms with van der Waals surface area (Å²) in [7, 11) is 1.44. The van der Waals surface area contributed by atoms with E-state index >= 15 is 0 Å². The Morgan fingerprint density at radius 3 is 2.57 bits per heavy atom. The number of rotatable bonds is 6. The van der Waals surface area contributed by atoms with E-state index < -0.39 is 22.2 Å². The van der Waals surface area contributed by atoms with Gasteiger partial charge in [0.2, 0.25) is 0 Å². The summed E-state index contributed by atoms with van der Waals surface area (Å²) >= 11 is 0. The highest BCUT2D eigenvalue weighted by Gasteiger charge is 2.44. The van der Waals surface area contributed by atoms with Crippen molar-refractivity contribution in [3.63, 3.8) is 0 Å². The van der Waals surface area contributed by atoms with Crippen molar-refractivity contribution >= 4 is 23.3 Å². The molecule has 3 rings (SSSR count). The quantitative estimate of drug-likeness (QED) is 0.584. The molecule has 0 aromatic heterocycles. The molecule has 0 aliphatic carbocycles. The van der Waals surface area contributed by atoms with Crippen molar-refractivity contribution < 1.29 is 24.4 Å². The molecule has 2 heterocycles. The van der Waals surface area contributed by atoms with Gasteiger partial charge in [0.15, 0.2) is 0 Å². The largest absolute Gasteiger partial charge is 0.481 e. The summed E-state index contributed by atoms with van der Waals surface area (Å²) in [6.07, 6.45) is 2.94. The van der Waals surface area contributed by atoms with Gasteiger partial charge in [-0.05, 0) is 37.8 Å². The molecule has 2 aliphatic rings. The van der Waals surface area contributed by atoms with Crippen LogP contribution in [0.2, 0.25) is 0 Å². The Hall–Kier alpha value is -2.68. The predicted octanol–water partition coefficient (Wildman–Crippen LogP) is 2.15. The van der Waals surface area contributed by atoms with Gasteiger partial charge in [0.25, 0.3) is 11.6 Å². The third kappa shape index (κ3) is 3.80. The maximum Gasteiger partial charge on any atom is 0.313 e. The molecule has 1 N–H and O–H groups in total. The molecule has 1 unspecified atom stereocenters. The molecule has 1 aromatic rings. The van der Waals surface area contributed by atoms with Gasteiger partial charge < -0.3 is 19.6 Å². The van der Waals surface area contributed by atoms with E-state index in [9.17, 15) is 24.8 Å². The predicted molar refractivity (Wildman–Crippen MR) is 102 cm³/mol. The van der Waals surface area contributed by atoms with Gasteiger partial charge in [-0.1, -0.05) is 0 Å². The summed E-state index contributed by atoms with van der Waals surface area (Å²) in [5.74, 6) is -1.39. The molecule has 1 atom stereocenters. The second-order valence-corrected chi connectivity index (χ2v) is 7.50. The van der Waals surface area contributed by atoms with Crippen LogP contribution >= 0.6 is 0 Å². The first kappa shape index (κ1) is 20.1. The van der Waals surface area contributed by atoms with Crippen LogP contribution in [-0.2, 0) is 9.53 Å². The number of piperidine rings is 1. The Kier molecular flexibility index (Phi) is 5.83. The molecular weight excluding hydrogens is 366 g/mol. The van der Waals surface area contributed by atoms with E-state index in [2.05, 4.69) is 0 Å². The molecule has 0 spiro atoms. The lowest BCUT2D eigenvalue weighted by Gasteiger charge is -2.39. The first-order valence-electron chi connectivity index (χ1n) is 9.43. The average molecular weight is 391 g/mol. The van der Waals surface area contributed by atoms with Gasteiger partial charge in [-0.3, -0.25) is 19.7 Å². The number of hydrogen-bond acceptors (Lipinski definition) is 6. The smallest absolute Gasteiger partial charge is 0.313 e. The number of nitro benzene ring substituents is 1. The van der Waals surface area contributed by atoms with Gasteiger partial charge >= 0.3 is 5.97 Å². The molecular formula is C19H25N3O6. The molecule has 1 amide bonds. The Labute approximate surface area is 163 Å². The van der Waals surface area contributed by atoms with Crippen LogP contribution < -0.4 is 4.90 Å². The first-order chi connectivity index (χ1) is 13.4. The van der Waals surface area contributed by atoms with Gasteiger partial charge in [0.05, 0.1) is 11.5 Å². The highest BCUT2D eigenvalue weighted by Crippen LogP contribution is 2.34. The first-order valence-corrected chi connectivity index (χ1v) is 9.43. The summed E-state index contributed by atoms with van der Waals surface area (Å²) in [6, 6.07) is 4.53. The minimum Gasteiger partial charge on any atom is -0.481 e. The number of amides is 1. The Morgan fingerprint density at radius 2 is 1.96 bits per heavy atom. The number of carbonyl (C=O) groups is 2. The van der Waals surface area contributed by atoms with Gasteiger partial charge in [-0.25, -0.2) is 0 Å². The zero-order chi connectivity index (χ0) is 20.3. The number of nitro groups is 1. The summed E-state index contributed by atoms with van der Waals surface area (Å²) in [5.41, 5.74) is -0.513. The van der Waals surface area contributed by atoms with Crippen molar-refractivity contribution in [2.45, 2.75) is 25.7 Å². The van der Waals surface area contributed by atoms with E-state index in [1.165, 1.54) is 18.1 Å². The SMILES string of the molecule is COCC1(C(=O)O)CCCN(C(=O)c2ccc(N3CCCC3)c([N+](=O)[O-])c2)C1. The van der Waals surface area contributed by atoms with Crippen LogP contribution in [0.1, 0.15) is 36.0 Å². The third-order valence-electron chi connectivity index (χ3n) is 5.60. The number of nitrogens with zero attached hydrogens (tertiary/aromatic N) is 3. The molecule has 0 saturated carbocycles. The monoisotopic (exact) mass is 391 g/mol. The zero-order valence-corrected chi connectivity index (χ0v) is 15.9. The number of anilines is 1. The molecule has 2 aliphatic heterocycles. The van der Waals surface area contributed by atoms with Crippen molar-refractivity contribution in [2.75, 3.05) is 44.8 Å². The van der Waals surface area contributed by atoms with Crippen molar-refractivity contribution in [1.82, 2.24) is 4.90 Å². The number of hydrogen-bond donors (Lipinski definition) is 1. The van der Waals surface area contributed by atoms with Crippen molar-refractivity contribution in [2.24, 2.45) is 5.41 Å². The third-order valence-corrected chi connectivity index (χ3v) is 5.60. The molecule has 0 bridgehead atoms. The van der Waals surface area contributed by atoms with Crippen molar-refractivity contribution in [3.05, 3.63) is 33.9 Å². The highest BCUT2D eigenvalue weighted by molar-refractivity contribution is 5.96. The van der Waals surface area contributed by atoms with Crippen LogP contribution in [0.15, 0.2) is 18.2 Å². The number of carboxylic acid groups (broad SMARTS) is 1. The van der Waals surface area contributed by atoms with Crippen LogP contribution in [0.3, 0.4) is 0 Å². The van der Waals surface area contributed by atoms with E-state index in [1.54, 1.807) is 12.1 Å². The number of aliphatic carboxylic acids is 1. The lowest BCUT2D eigenvalue weighted by molar-refractivity contribution is -0.384.